The Bertz CT molecular complexity index is 646. The number of nitrogens with one attached hydrogen (secondary N) is 1. The van der Waals surface area contributed by atoms with Crippen molar-refractivity contribution in [2.75, 3.05) is 19.3 Å². The summed E-state index contributed by atoms with van der Waals surface area (Å²) in [6.45, 7) is 5.16. The fourth-order valence-electron chi connectivity index (χ4n) is 1.79. The van der Waals surface area contributed by atoms with Crippen LogP contribution in [0.3, 0.4) is 0 Å². The van der Waals surface area contributed by atoms with Gasteiger partial charge in [0.2, 0.25) is 15.9 Å². The quantitative estimate of drug-likeness (QED) is 0.788. The number of sulfonamides is 1. The summed E-state index contributed by atoms with van der Waals surface area (Å²) in [5, 5.41) is 0. The van der Waals surface area contributed by atoms with Gasteiger partial charge in [0.1, 0.15) is 5.82 Å². The molecule has 6 nitrogen and oxygen atoms in total. The molecule has 0 aliphatic heterocycles. The molecular formula is C13H20FN3O3S. The lowest BCUT2D eigenvalue weighted by Crippen LogP contribution is -2.45. The van der Waals surface area contributed by atoms with E-state index in [9.17, 15) is 17.6 Å². The van der Waals surface area contributed by atoms with Gasteiger partial charge in [0.05, 0.1) is 16.6 Å². The molecule has 0 radical (unpaired) electrons. The zero-order valence-electron chi connectivity index (χ0n) is 12.5. The van der Waals surface area contributed by atoms with Crippen molar-refractivity contribution < 1.29 is 17.6 Å². The number of nitrogens with zero attached hydrogens (tertiary/aromatic N) is 1. The SMILES string of the molecule is CCN(C)C(=O)C(C)NS(=O)(=O)c1cc(N)c(F)cc1C. The van der Waals surface area contributed by atoms with Gasteiger partial charge in [-0.15, -0.1) is 0 Å². The maximum absolute atomic E-state index is 13.3. The van der Waals surface area contributed by atoms with E-state index < -0.39 is 21.9 Å². The van der Waals surface area contributed by atoms with Crippen LogP contribution in [0, 0.1) is 12.7 Å². The van der Waals surface area contributed by atoms with E-state index in [1.165, 1.54) is 18.7 Å². The lowest BCUT2D eigenvalue weighted by atomic mass is 10.2. The molecule has 118 valence electrons. The minimum absolute atomic E-state index is 0.139. The molecule has 3 N–H and O–H groups in total. The molecule has 1 aromatic rings. The summed E-state index contributed by atoms with van der Waals surface area (Å²) in [7, 11) is -2.38. The van der Waals surface area contributed by atoms with Crippen molar-refractivity contribution in [3.05, 3.63) is 23.5 Å². The fourth-order valence-corrected chi connectivity index (χ4v) is 3.25. The summed E-state index contributed by atoms with van der Waals surface area (Å²) < 4.78 is 40.1. The molecule has 1 amide bonds. The number of carbonyl (C=O) groups is 1. The molecule has 1 aromatic carbocycles. The summed E-state index contributed by atoms with van der Waals surface area (Å²) in [5.41, 5.74) is 5.37. The molecule has 21 heavy (non-hydrogen) atoms. The van der Waals surface area contributed by atoms with Crippen molar-refractivity contribution in [2.24, 2.45) is 0 Å². The minimum Gasteiger partial charge on any atom is -0.396 e. The van der Waals surface area contributed by atoms with E-state index in [1.54, 1.807) is 14.0 Å². The van der Waals surface area contributed by atoms with E-state index in [0.717, 1.165) is 12.1 Å². The van der Waals surface area contributed by atoms with Crippen molar-refractivity contribution in [3.8, 4) is 0 Å². The normalized spacial score (nSPS) is 13.0. The van der Waals surface area contributed by atoms with Crippen LogP contribution in [0.25, 0.3) is 0 Å². The number of hydrogen-bond donors (Lipinski definition) is 2. The molecular weight excluding hydrogens is 297 g/mol. The van der Waals surface area contributed by atoms with Crippen molar-refractivity contribution >= 4 is 21.6 Å². The minimum atomic E-state index is -3.96. The Morgan fingerprint density at radius 2 is 2.05 bits per heavy atom. The van der Waals surface area contributed by atoms with Gasteiger partial charge in [-0.1, -0.05) is 0 Å². The van der Waals surface area contributed by atoms with Crippen LogP contribution < -0.4 is 10.5 Å². The molecule has 0 aliphatic rings. The molecule has 1 unspecified atom stereocenters. The van der Waals surface area contributed by atoms with Gasteiger partial charge in [-0.05, 0) is 38.5 Å². The number of carbonyl (C=O) groups excluding carboxylic acids is 1. The lowest BCUT2D eigenvalue weighted by molar-refractivity contribution is -0.131. The molecule has 0 aromatic heterocycles. The second-order valence-electron chi connectivity index (χ2n) is 4.83. The van der Waals surface area contributed by atoms with Gasteiger partial charge in [0.25, 0.3) is 0 Å². The zero-order chi connectivity index (χ0) is 16.4. The highest BCUT2D eigenvalue weighted by Gasteiger charge is 2.25. The zero-order valence-corrected chi connectivity index (χ0v) is 13.3. The van der Waals surface area contributed by atoms with Gasteiger partial charge < -0.3 is 10.6 Å². The van der Waals surface area contributed by atoms with Crippen LogP contribution >= 0.6 is 0 Å². The Labute approximate surface area is 124 Å². The summed E-state index contributed by atoms with van der Waals surface area (Å²) in [4.78, 5) is 13.2. The van der Waals surface area contributed by atoms with Gasteiger partial charge in [-0.3, -0.25) is 4.79 Å². The van der Waals surface area contributed by atoms with Gasteiger partial charge >= 0.3 is 0 Å². The van der Waals surface area contributed by atoms with E-state index >= 15 is 0 Å². The second-order valence-corrected chi connectivity index (χ2v) is 6.52. The number of hydrogen-bond acceptors (Lipinski definition) is 4. The third-order valence-corrected chi connectivity index (χ3v) is 4.82. The lowest BCUT2D eigenvalue weighted by Gasteiger charge is -2.21. The highest BCUT2D eigenvalue weighted by molar-refractivity contribution is 7.89. The van der Waals surface area contributed by atoms with E-state index in [0.29, 0.717) is 6.54 Å². The highest BCUT2D eigenvalue weighted by Crippen LogP contribution is 2.21. The number of nitrogen functional groups attached to an aromatic ring is 1. The molecule has 0 aliphatic carbocycles. The van der Waals surface area contributed by atoms with Crippen LogP contribution in [0.1, 0.15) is 19.4 Å². The summed E-state index contributed by atoms with van der Waals surface area (Å²) >= 11 is 0. The number of likely N-dealkylation sites (N-methyl/N-ethyl adjacent to an activating group) is 1. The number of nitrogens with two attached hydrogens (primary N) is 1. The van der Waals surface area contributed by atoms with Crippen LogP contribution in [0.15, 0.2) is 17.0 Å². The number of rotatable bonds is 5. The van der Waals surface area contributed by atoms with Crippen molar-refractivity contribution in [1.29, 1.82) is 0 Å². The first-order valence-corrected chi connectivity index (χ1v) is 7.91. The maximum atomic E-state index is 13.3. The third kappa shape index (κ3) is 3.92. The van der Waals surface area contributed by atoms with Crippen LogP contribution in [0.4, 0.5) is 10.1 Å². The molecule has 0 fully saturated rings. The standard InChI is InChI=1S/C13H20FN3O3S/c1-5-17(4)13(18)9(3)16-21(19,20)12-7-11(15)10(14)6-8(12)2/h6-7,9,16H,5,15H2,1-4H3. The van der Waals surface area contributed by atoms with Gasteiger partial charge in [0.15, 0.2) is 0 Å². The number of amides is 1. The molecule has 0 saturated heterocycles. The predicted octanol–water partition coefficient (Wildman–Crippen LogP) is 0.861. The van der Waals surface area contributed by atoms with Crippen LogP contribution in [-0.2, 0) is 14.8 Å². The van der Waals surface area contributed by atoms with E-state index in [4.69, 9.17) is 5.73 Å². The van der Waals surface area contributed by atoms with Gasteiger partial charge in [-0.25, -0.2) is 12.8 Å². The number of halogens is 1. The monoisotopic (exact) mass is 317 g/mol. The first kappa shape index (κ1) is 17.4. The molecule has 0 spiro atoms. The highest BCUT2D eigenvalue weighted by atomic mass is 32.2. The predicted molar refractivity (Wildman–Crippen MR) is 78.6 cm³/mol. The molecule has 8 heteroatoms. The van der Waals surface area contributed by atoms with Crippen LogP contribution in [0.2, 0.25) is 0 Å². The first-order valence-electron chi connectivity index (χ1n) is 6.43. The second kappa shape index (κ2) is 6.40. The summed E-state index contributed by atoms with van der Waals surface area (Å²) in [5.74, 6) is -1.03. The number of aryl methyl sites for hydroxylation is 1. The van der Waals surface area contributed by atoms with E-state index in [2.05, 4.69) is 4.72 Å². The largest absolute Gasteiger partial charge is 0.396 e. The Morgan fingerprint density at radius 1 is 1.48 bits per heavy atom. The molecule has 1 atom stereocenters. The van der Waals surface area contributed by atoms with E-state index in [1.807, 2.05) is 0 Å². The first-order chi connectivity index (χ1) is 9.60. The number of anilines is 1. The maximum Gasteiger partial charge on any atom is 0.241 e. The Hall–Kier alpha value is -1.67. The average Bonchev–Trinajstić information content (AvgIpc) is 2.40. The van der Waals surface area contributed by atoms with Crippen molar-refractivity contribution in [1.82, 2.24) is 9.62 Å². The number of benzene rings is 1. The average molecular weight is 317 g/mol. The Kier molecular flexibility index (Phi) is 5.30. The van der Waals surface area contributed by atoms with Crippen LogP contribution in [-0.4, -0.2) is 38.9 Å². The summed E-state index contributed by atoms with van der Waals surface area (Å²) in [6.07, 6.45) is 0. The topological polar surface area (TPSA) is 92.5 Å². The molecule has 0 bridgehead atoms. The Morgan fingerprint density at radius 3 is 2.57 bits per heavy atom. The van der Waals surface area contributed by atoms with Gasteiger partial charge in [0, 0.05) is 13.6 Å². The molecule has 0 saturated carbocycles. The molecule has 1 rings (SSSR count). The fraction of sp³-hybridized carbons (Fsp3) is 0.462. The van der Waals surface area contributed by atoms with Gasteiger partial charge in [-0.2, -0.15) is 4.72 Å². The van der Waals surface area contributed by atoms with Crippen LogP contribution in [0.5, 0.6) is 0 Å². The third-order valence-electron chi connectivity index (χ3n) is 3.14. The summed E-state index contributed by atoms with van der Waals surface area (Å²) in [6, 6.07) is 1.17. The smallest absolute Gasteiger partial charge is 0.241 e. The molecule has 0 heterocycles. The van der Waals surface area contributed by atoms with Crippen molar-refractivity contribution in [2.45, 2.75) is 31.7 Å². The van der Waals surface area contributed by atoms with Crippen molar-refractivity contribution in [3.63, 3.8) is 0 Å². The van der Waals surface area contributed by atoms with E-state index in [-0.39, 0.29) is 22.1 Å². The Balaban J connectivity index is 3.08.